The van der Waals surface area contributed by atoms with Gasteiger partial charge in [0.2, 0.25) is 0 Å². The van der Waals surface area contributed by atoms with Gasteiger partial charge < -0.3 is 9.64 Å². The topological polar surface area (TPSA) is 74.6 Å². The fourth-order valence-electron chi connectivity index (χ4n) is 4.62. The standard InChI is InChI=1S/C28H34N4O3S/c1-7-29-25(21-12-8-9-13-23(21)35-6)31-16-10-11-19-17-20(14-15-22(19)31)24-28(4,5)36-27(34)32(30-24)26(33)18(2)3/h8-9,12-15,17-18H,7,10-11,16H2,1-6H3. The minimum atomic E-state index is -0.556. The Hall–Kier alpha value is -3.13. The Kier molecular flexibility index (Phi) is 7.54. The number of thioether (sulfide) groups is 1. The maximum Gasteiger partial charge on any atom is 0.310 e. The van der Waals surface area contributed by atoms with Crippen molar-refractivity contribution in [2.24, 2.45) is 16.0 Å². The van der Waals surface area contributed by atoms with E-state index in [1.54, 1.807) is 21.0 Å². The fraction of sp³-hybridized carbons (Fsp3) is 0.429. The highest BCUT2D eigenvalue weighted by molar-refractivity contribution is 8.15. The molecule has 0 aromatic heterocycles. The van der Waals surface area contributed by atoms with Crippen LogP contribution in [0.5, 0.6) is 5.75 Å². The third-order valence-corrected chi connectivity index (χ3v) is 7.42. The summed E-state index contributed by atoms with van der Waals surface area (Å²) in [5.74, 6) is 1.09. The van der Waals surface area contributed by atoms with Crippen molar-refractivity contribution in [3.05, 3.63) is 59.2 Å². The first-order valence-electron chi connectivity index (χ1n) is 12.4. The fourth-order valence-corrected chi connectivity index (χ4v) is 5.53. The van der Waals surface area contributed by atoms with Crippen molar-refractivity contribution in [2.45, 2.75) is 52.2 Å². The molecule has 0 N–H and O–H groups in total. The minimum Gasteiger partial charge on any atom is -0.496 e. The normalized spacial score (nSPS) is 17.7. The molecule has 0 saturated heterocycles. The molecule has 4 rings (SSSR count). The van der Waals surface area contributed by atoms with Crippen LogP contribution in [0.3, 0.4) is 0 Å². The summed E-state index contributed by atoms with van der Waals surface area (Å²) in [5.41, 5.74) is 4.92. The molecule has 0 fully saturated rings. The molecule has 2 aromatic carbocycles. The molecular formula is C28H34N4O3S. The van der Waals surface area contributed by atoms with Gasteiger partial charge in [-0.3, -0.25) is 14.6 Å². The lowest BCUT2D eigenvalue weighted by Crippen LogP contribution is -2.44. The summed E-state index contributed by atoms with van der Waals surface area (Å²) >= 11 is 1.14. The molecule has 36 heavy (non-hydrogen) atoms. The van der Waals surface area contributed by atoms with Crippen LogP contribution in [0.25, 0.3) is 0 Å². The van der Waals surface area contributed by atoms with Gasteiger partial charge in [-0.2, -0.15) is 10.1 Å². The molecule has 0 bridgehead atoms. The van der Waals surface area contributed by atoms with Crippen LogP contribution in [0.2, 0.25) is 0 Å². The number of ether oxygens (including phenoxy) is 1. The number of aryl methyl sites for hydroxylation is 1. The van der Waals surface area contributed by atoms with Crippen molar-refractivity contribution in [3.8, 4) is 5.75 Å². The summed E-state index contributed by atoms with van der Waals surface area (Å²) in [4.78, 5) is 32.5. The minimum absolute atomic E-state index is 0.290. The van der Waals surface area contributed by atoms with Crippen molar-refractivity contribution in [2.75, 3.05) is 25.1 Å². The van der Waals surface area contributed by atoms with Gasteiger partial charge >= 0.3 is 5.24 Å². The van der Waals surface area contributed by atoms with Gasteiger partial charge in [-0.05, 0) is 80.8 Å². The summed E-state index contributed by atoms with van der Waals surface area (Å²) in [7, 11) is 1.68. The van der Waals surface area contributed by atoms with E-state index in [4.69, 9.17) is 9.73 Å². The van der Waals surface area contributed by atoms with Crippen LogP contribution in [0.1, 0.15) is 57.7 Å². The van der Waals surface area contributed by atoms with Crippen molar-refractivity contribution in [3.63, 3.8) is 0 Å². The molecule has 8 heteroatoms. The van der Waals surface area contributed by atoms with E-state index >= 15 is 0 Å². The Morgan fingerprint density at radius 1 is 1.22 bits per heavy atom. The Balaban J connectivity index is 1.77. The molecule has 7 nitrogen and oxygen atoms in total. The predicted octanol–water partition coefficient (Wildman–Crippen LogP) is 5.75. The van der Waals surface area contributed by atoms with Crippen LogP contribution in [0.4, 0.5) is 10.5 Å². The zero-order chi connectivity index (χ0) is 26.0. The molecule has 2 heterocycles. The van der Waals surface area contributed by atoms with Crippen LogP contribution in [0, 0.1) is 5.92 Å². The average Bonchev–Trinajstić information content (AvgIpc) is 2.86. The number of aliphatic imine (C=N–C) groups is 1. The Bertz CT molecular complexity index is 1240. The largest absolute Gasteiger partial charge is 0.496 e. The van der Waals surface area contributed by atoms with Gasteiger partial charge in [0.05, 0.1) is 23.1 Å². The van der Waals surface area contributed by atoms with E-state index in [9.17, 15) is 9.59 Å². The number of hydrogen-bond acceptors (Lipinski definition) is 6. The van der Waals surface area contributed by atoms with Crippen LogP contribution < -0.4 is 9.64 Å². The second-order valence-corrected chi connectivity index (χ2v) is 11.3. The lowest BCUT2D eigenvalue weighted by molar-refractivity contribution is -0.131. The van der Waals surface area contributed by atoms with E-state index in [1.807, 2.05) is 51.1 Å². The van der Waals surface area contributed by atoms with Gasteiger partial charge in [-0.15, -0.1) is 0 Å². The molecular weight excluding hydrogens is 472 g/mol. The first kappa shape index (κ1) is 25.9. The van der Waals surface area contributed by atoms with Crippen molar-refractivity contribution < 1.29 is 14.3 Å². The number of para-hydroxylation sites is 1. The number of amidine groups is 1. The van der Waals surface area contributed by atoms with Gasteiger partial charge in [0.15, 0.2) is 0 Å². The van der Waals surface area contributed by atoms with E-state index in [2.05, 4.69) is 22.1 Å². The average molecular weight is 507 g/mol. The summed E-state index contributed by atoms with van der Waals surface area (Å²) < 4.78 is 5.09. The van der Waals surface area contributed by atoms with Crippen molar-refractivity contribution in [1.82, 2.24) is 5.01 Å². The maximum absolute atomic E-state index is 12.7. The number of fused-ring (bicyclic) bond motifs is 1. The Labute approximate surface area is 217 Å². The molecule has 2 aliphatic rings. The summed E-state index contributed by atoms with van der Waals surface area (Å²) in [6, 6.07) is 14.3. The third kappa shape index (κ3) is 4.91. The quantitative estimate of drug-likeness (QED) is 0.381. The van der Waals surface area contributed by atoms with Gasteiger partial charge in [-0.1, -0.05) is 32.0 Å². The Morgan fingerprint density at radius 3 is 2.67 bits per heavy atom. The number of hydrogen-bond donors (Lipinski definition) is 0. The third-order valence-electron chi connectivity index (χ3n) is 6.37. The van der Waals surface area contributed by atoms with Gasteiger partial charge in [0.1, 0.15) is 11.6 Å². The molecule has 0 saturated carbocycles. The highest BCUT2D eigenvalue weighted by atomic mass is 32.2. The molecule has 0 spiro atoms. The number of methoxy groups -OCH3 is 1. The molecule has 0 unspecified atom stereocenters. The smallest absolute Gasteiger partial charge is 0.310 e. The number of imide groups is 1. The SMILES string of the molecule is CCN=C(c1ccccc1OC)N1CCCc2cc(C3=NN(C(=O)C(C)C)C(=O)SC3(C)C)ccc21. The molecule has 2 amide bonds. The maximum atomic E-state index is 12.7. The van der Waals surface area contributed by atoms with Gasteiger partial charge in [0, 0.05) is 24.7 Å². The molecule has 0 radical (unpaired) electrons. The first-order valence-corrected chi connectivity index (χ1v) is 13.2. The van der Waals surface area contributed by atoms with E-state index in [1.165, 1.54) is 5.56 Å². The highest BCUT2D eigenvalue weighted by Gasteiger charge is 2.40. The molecule has 2 aliphatic heterocycles. The second kappa shape index (κ2) is 10.5. The zero-order valence-electron chi connectivity index (χ0n) is 21.9. The van der Waals surface area contributed by atoms with E-state index in [0.29, 0.717) is 6.54 Å². The van der Waals surface area contributed by atoms with Crippen molar-refractivity contribution >= 4 is 40.1 Å². The molecule has 0 atom stereocenters. The van der Waals surface area contributed by atoms with Crippen LogP contribution in [-0.2, 0) is 11.2 Å². The lowest BCUT2D eigenvalue weighted by atomic mass is 9.93. The van der Waals surface area contributed by atoms with E-state index in [-0.39, 0.29) is 17.1 Å². The number of benzene rings is 2. The van der Waals surface area contributed by atoms with Crippen LogP contribution >= 0.6 is 11.8 Å². The number of hydrazone groups is 1. The van der Waals surface area contributed by atoms with Crippen molar-refractivity contribution in [1.29, 1.82) is 0 Å². The Morgan fingerprint density at radius 2 is 1.97 bits per heavy atom. The number of anilines is 1. The van der Waals surface area contributed by atoms with E-state index in [0.717, 1.165) is 70.3 Å². The second-order valence-electron chi connectivity index (χ2n) is 9.73. The van der Waals surface area contributed by atoms with Gasteiger partial charge in [-0.25, -0.2) is 0 Å². The number of rotatable bonds is 5. The molecule has 2 aromatic rings. The molecule has 190 valence electrons. The van der Waals surface area contributed by atoms with Crippen LogP contribution in [0.15, 0.2) is 52.6 Å². The lowest BCUT2D eigenvalue weighted by Gasteiger charge is -2.35. The highest BCUT2D eigenvalue weighted by Crippen LogP contribution is 2.38. The number of carbonyl (C=O) groups excluding carboxylic acids is 2. The number of carbonyl (C=O) groups is 2. The van der Waals surface area contributed by atoms with Crippen LogP contribution in [-0.4, -0.2) is 52.6 Å². The predicted molar refractivity (Wildman–Crippen MR) is 147 cm³/mol. The van der Waals surface area contributed by atoms with Gasteiger partial charge in [0.25, 0.3) is 5.91 Å². The summed E-state index contributed by atoms with van der Waals surface area (Å²) in [6.07, 6.45) is 1.91. The molecule has 0 aliphatic carbocycles. The number of amides is 2. The summed E-state index contributed by atoms with van der Waals surface area (Å²) in [5, 5.41) is 5.29. The zero-order valence-corrected chi connectivity index (χ0v) is 22.7. The summed E-state index contributed by atoms with van der Waals surface area (Å²) in [6.45, 7) is 11.1. The number of nitrogens with zero attached hydrogens (tertiary/aromatic N) is 4. The van der Waals surface area contributed by atoms with E-state index < -0.39 is 4.75 Å². The monoisotopic (exact) mass is 506 g/mol. The first-order chi connectivity index (χ1) is 17.2.